The van der Waals surface area contributed by atoms with Crippen LogP contribution < -0.4 is 20.8 Å². The Labute approximate surface area is 208 Å². The van der Waals surface area contributed by atoms with Gasteiger partial charge >= 0.3 is 5.63 Å². The Morgan fingerprint density at radius 2 is 1.42 bits per heavy atom. The van der Waals surface area contributed by atoms with Crippen molar-refractivity contribution >= 4 is 28.6 Å². The molecule has 5 rings (SSSR count). The third-order valence-corrected chi connectivity index (χ3v) is 5.58. The smallest absolute Gasteiger partial charge is 0.336 e. The standard InChI is InChI=1S/C30H24N2O4/c31-25-13-7-8-14-26(25)32-18-23-15-29(33)36-28-17-24(34-19-21-9-3-1-4-10-21)16-27(30(23)28)35-20-22-11-5-2-6-12-22/h1-18H,19-20,31H2. The molecule has 0 saturated heterocycles. The van der Waals surface area contributed by atoms with E-state index in [-0.39, 0.29) is 0 Å². The van der Waals surface area contributed by atoms with Gasteiger partial charge in [0.05, 0.1) is 16.8 Å². The summed E-state index contributed by atoms with van der Waals surface area (Å²) >= 11 is 0. The van der Waals surface area contributed by atoms with E-state index in [0.717, 1.165) is 11.1 Å². The number of benzene rings is 4. The second-order valence-corrected chi connectivity index (χ2v) is 8.18. The van der Waals surface area contributed by atoms with Gasteiger partial charge in [-0.3, -0.25) is 4.99 Å². The first-order valence-electron chi connectivity index (χ1n) is 11.5. The molecule has 0 bridgehead atoms. The van der Waals surface area contributed by atoms with Crippen molar-refractivity contribution < 1.29 is 13.9 Å². The Bertz CT molecular complexity index is 1560. The summed E-state index contributed by atoms with van der Waals surface area (Å²) in [6, 6.07) is 31.8. The highest BCUT2D eigenvalue weighted by Gasteiger charge is 2.14. The molecule has 2 N–H and O–H groups in total. The van der Waals surface area contributed by atoms with Gasteiger partial charge < -0.3 is 19.6 Å². The van der Waals surface area contributed by atoms with Crippen LogP contribution in [0.5, 0.6) is 11.5 Å². The summed E-state index contributed by atoms with van der Waals surface area (Å²) in [7, 11) is 0. The van der Waals surface area contributed by atoms with Crippen LogP contribution in [0.25, 0.3) is 11.0 Å². The van der Waals surface area contributed by atoms with Crippen LogP contribution in [0.15, 0.2) is 117 Å². The first-order chi connectivity index (χ1) is 17.7. The third kappa shape index (κ3) is 5.45. The lowest BCUT2D eigenvalue weighted by molar-refractivity contribution is 0.292. The average molecular weight is 477 g/mol. The molecule has 0 aliphatic carbocycles. The van der Waals surface area contributed by atoms with E-state index in [1.54, 1.807) is 18.3 Å². The Hall–Kier alpha value is -4.84. The van der Waals surface area contributed by atoms with Gasteiger partial charge in [-0.1, -0.05) is 72.8 Å². The SMILES string of the molecule is Nc1ccccc1N=Cc1cc(=O)oc2cc(OCc3ccccc3)cc(OCc3ccccc3)c12. The number of hydrogen-bond donors (Lipinski definition) is 1. The third-order valence-electron chi connectivity index (χ3n) is 5.58. The van der Waals surface area contributed by atoms with Crippen LogP contribution in [-0.4, -0.2) is 6.21 Å². The van der Waals surface area contributed by atoms with Gasteiger partial charge in [0.25, 0.3) is 0 Å². The van der Waals surface area contributed by atoms with Crippen LogP contribution in [0, 0.1) is 0 Å². The maximum atomic E-state index is 12.4. The largest absolute Gasteiger partial charge is 0.489 e. The van der Waals surface area contributed by atoms with Crippen LogP contribution in [-0.2, 0) is 13.2 Å². The predicted molar refractivity (Wildman–Crippen MR) is 142 cm³/mol. The summed E-state index contributed by atoms with van der Waals surface area (Å²) in [5.41, 5.74) is 9.61. The zero-order chi connectivity index (χ0) is 24.7. The first kappa shape index (κ1) is 22.9. The topological polar surface area (TPSA) is 87.1 Å². The van der Waals surface area contributed by atoms with Gasteiger partial charge in [-0.05, 0) is 23.3 Å². The van der Waals surface area contributed by atoms with Crippen LogP contribution in [0.3, 0.4) is 0 Å². The summed E-state index contributed by atoms with van der Waals surface area (Å²) < 4.78 is 17.8. The molecule has 1 aromatic heterocycles. The monoisotopic (exact) mass is 476 g/mol. The highest BCUT2D eigenvalue weighted by molar-refractivity contribution is 6.02. The zero-order valence-corrected chi connectivity index (χ0v) is 19.5. The highest BCUT2D eigenvalue weighted by Crippen LogP contribution is 2.34. The highest BCUT2D eigenvalue weighted by atomic mass is 16.5. The predicted octanol–water partition coefficient (Wildman–Crippen LogP) is 6.28. The molecule has 0 aliphatic heterocycles. The second kappa shape index (κ2) is 10.6. The Balaban J connectivity index is 1.56. The average Bonchev–Trinajstić information content (AvgIpc) is 2.91. The summed E-state index contributed by atoms with van der Waals surface area (Å²) in [5, 5.41) is 0.621. The molecule has 1 heterocycles. The van der Waals surface area contributed by atoms with Crippen molar-refractivity contribution in [2.45, 2.75) is 13.2 Å². The van der Waals surface area contributed by atoms with Crippen molar-refractivity contribution in [3.63, 3.8) is 0 Å². The second-order valence-electron chi connectivity index (χ2n) is 8.18. The Morgan fingerprint density at radius 3 is 2.11 bits per heavy atom. The molecule has 6 nitrogen and oxygen atoms in total. The van der Waals surface area contributed by atoms with Crippen LogP contribution in [0.4, 0.5) is 11.4 Å². The van der Waals surface area contributed by atoms with Gasteiger partial charge in [-0.15, -0.1) is 0 Å². The van der Waals surface area contributed by atoms with E-state index in [9.17, 15) is 4.79 Å². The Kier molecular flexibility index (Phi) is 6.76. The number of para-hydroxylation sites is 2. The lowest BCUT2D eigenvalue weighted by atomic mass is 10.1. The number of fused-ring (bicyclic) bond motifs is 1. The molecule has 4 aromatic carbocycles. The molecular formula is C30H24N2O4. The Morgan fingerprint density at radius 1 is 0.778 bits per heavy atom. The quantitative estimate of drug-likeness (QED) is 0.162. The summed E-state index contributed by atoms with van der Waals surface area (Å²) in [4.78, 5) is 16.9. The van der Waals surface area contributed by atoms with Crippen LogP contribution >= 0.6 is 0 Å². The molecule has 0 aliphatic rings. The number of ether oxygens (including phenoxy) is 2. The number of nitrogens with two attached hydrogens (primary N) is 1. The molecule has 0 spiro atoms. The van der Waals surface area contributed by atoms with E-state index in [1.807, 2.05) is 84.9 Å². The van der Waals surface area contributed by atoms with Gasteiger partial charge in [-0.2, -0.15) is 0 Å². The maximum Gasteiger partial charge on any atom is 0.336 e. The molecule has 0 radical (unpaired) electrons. The molecule has 0 fully saturated rings. The molecule has 6 heteroatoms. The normalized spacial score (nSPS) is 11.1. The number of anilines is 1. The fraction of sp³-hybridized carbons (Fsp3) is 0.0667. The molecule has 5 aromatic rings. The zero-order valence-electron chi connectivity index (χ0n) is 19.5. The summed E-state index contributed by atoms with van der Waals surface area (Å²) in [6.45, 7) is 0.697. The van der Waals surface area contributed by atoms with Crippen molar-refractivity contribution in [1.29, 1.82) is 0 Å². The van der Waals surface area contributed by atoms with E-state index in [1.165, 1.54) is 6.07 Å². The number of rotatable bonds is 8. The van der Waals surface area contributed by atoms with E-state index in [0.29, 0.717) is 52.6 Å². The van der Waals surface area contributed by atoms with Crippen LogP contribution in [0.1, 0.15) is 16.7 Å². The number of nitrogens with zero attached hydrogens (tertiary/aromatic N) is 1. The van der Waals surface area contributed by atoms with E-state index in [4.69, 9.17) is 19.6 Å². The van der Waals surface area contributed by atoms with Gasteiger partial charge in [0.2, 0.25) is 0 Å². The van der Waals surface area contributed by atoms with Gasteiger partial charge in [0.1, 0.15) is 30.3 Å². The first-order valence-corrected chi connectivity index (χ1v) is 11.5. The van der Waals surface area contributed by atoms with Gasteiger partial charge in [0, 0.05) is 30.0 Å². The lowest BCUT2D eigenvalue weighted by Crippen LogP contribution is -2.04. The van der Waals surface area contributed by atoms with E-state index in [2.05, 4.69) is 4.99 Å². The van der Waals surface area contributed by atoms with Crippen molar-refractivity contribution in [2.75, 3.05) is 5.73 Å². The molecule has 36 heavy (non-hydrogen) atoms. The minimum Gasteiger partial charge on any atom is -0.489 e. The maximum absolute atomic E-state index is 12.4. The van der Waals surface area contributed by atoms with Gasteiger partial charge in [0.15, 0.2) is 0 Å². The summed E-state index contributed by atoms with van der Waals surface area (Å²) in [6.07, 6.45) is 1.60. The molecular weight excluding hydrogens is 452 g/mol. The van der Waals surface area contributed by atoms with Crippen molar-refractivity contribution in [3.05, 3.63) is 130 Å². The van der Waals surface area contributed by atoms with Crippen molar-refractivity contribution in [1.82, 2.24) is 0 Å². The van der Waals surface area contributed by atoms with Crippen molar-refractivity contribution in [2.24, 2.45) is 4.99 Å². The van der Waals surface area contributed by atoms with Crippen molar-refractivity contribution in [3.8, 4) is 11.5 Å². The molecule has 0 unspecified atom stereocenters. The minimum absolute atomic E-state index is 0.333. The van der Waals surface area contributed by atoms with E-state index < -0.39 is 5.63 Å². The summed E-state index contributed by atoms with van der Waals surface area (Å²) in [5.74, 6) is 1.05. The van der Waals surface area contributed by atoms with E-state index >= 15 is 0 Å². The van der Waals surface area contributed by atoms with Crippen LogP contribution in [0.2, 0.25) is 0 Å². The minimum atomic E-state index is -0.501. The number of hydrogen-bond acceptors (Lipinski definition) is 6. The molecule has 0 saturated carbocycles. The molecule has 178 valence electrons. The molecule has 0 amide bonds. The fourth-order valence-corrected chi connectivity index (χ4v) is 3.79. The lowest BCUT2D eigenvalue weighted by Gasteiger charge is -2.14. The number of aliphatic imine (C=N–C) groups is 1. The number of nitrogen functional groups attached to an aromatic ring is 1. The van der Waals surface area contributed by atoms with Gasteiger partial charge in [-0.25, -0.2) is 4.79 Å². The fourth-order valence-electron chi connectivity index (χ4n) is 3.79. The molecule has 0 atom stereocenters.